The molecule has 0 radical (unpaired) electrons. The van der Waals surface area contributed by atoms with E-state index in [2.05, 4.69) is 21.2 Å². The Hall–Kier alpha value is -1.07. The van der Waals surface area contributed by atoms with Gasteiger partial charge < -0.3 is 15.8 Å². The van der Waals surface area contributed by atoms with Crippen LogP contribution in [0.2, 0.25) is 0 Å². The summed E-state index contributed by atoms with van der Waals surface area (Å²) in [5, 5.41) is 3.12. The zero-order valence-corrected chi connectivity index (χ0v) is 11.7. The van der Waals surface area contributed by atoms with E-state index in [4.69, 9.17) is 10.5 Å². The second-order valence-electron chi connectivity index (χ2n) is 4.08. The van der Waals surface area contributed by atoms with Gasteiger partial charge >= 0.3 is 0 Å². The molecule has 0 aliphatic heterocycles. The average Bonchev–Trinajstić information content (AvgIpc) is 2.27. The number of hydrogen-bond acceptors (Lipinski definition) is 3. The number of ether oxygens (including phenoxy) is 1. The van der Waals surface area contributed by atoms with E-state index in [-0.39, 0.29) is 6.10 Å². The molecule has 5 heteroatoms. The highest BCUT2D eigenvalue weighted by Crippen LogP contribution is 2.23. The molecule has 0 aliphatic carbocycles. The number of benzene rings is 1. The molecule has 0 heterocycles. The molecule has 0 bridgehead atoms. The van der Waals surface area contributed by atoms with Crippen LogP contribution in [0.15, 0.2) is 28.7 Å². The first kappa shape index (κ1) is 14.0. The zero-order valence-electron chi connectivity index (χ0n) is 10.2. The van der Waals surface area contributed by atoms with E-state index in [9.17, 15) is 4.79 Å². The van der Waals surface area contributed by atoms with E-state index in [0.717, 1.165) is 10.2 Å². The van der Waals surface area contributed by atoms with Crippen LogP contribution >= 0.6 is 15.9 Å². The average molecular weight is 301 g/mol. The minimum atomic E-state index is -0.949. The molecule has 1 aromatic rings. The van der Waals surface area contributed by atoms with Gasteiger partial charge in [0.25, 0.3) is 0 Å². The van der Waals surface area contributed by atoms with Crippen LogP contribution in [0.1, 0.15) is 13.8 Å². The second-order valence-corrected chi connectivity index (χ2v) is 5.00. The second kappa shape index (κ2) is 5.51. The molecule has 0 aliphatic rings. The zero-order chi connectivity index (χ0) is 13.1. The Morgan fingerprint density at radius 2 is 2.24 bits per heavy atom. The summed E-state index contributed by atoms with van der Waals surface area (Å²) in [4.78, 5) is 11.6. The van der Waals surface area contributed by atoms with Crippen molar-refractivity contribution in [2.75, 3.05) is 12.4 Å². The SMILES string of the molecule is COC(C)C(C)(Nc1cccc(Br)c1)C(N)=O. The van der Waals surface area contributed by atoms with E-state index < -0.39 is 11.4 Å². The van der Waals surface area contributed by atoms with Gasteiger partial charge in [0.1, 0.15) is 5.54 Å². The Balaban J connectivity index is 2.99. The third-order valence-corrected chi connectivity index (χ3v) is 3.40. The predicted molar refractivity (Wildman–Crippen MR) is 71.8 cm³/mol. The maximum atomic E-state index is 11.6. The number of hydrogen-bond donors (Lipinski definition) is 2. The van der Waals surface area contributed by atoms with Gasteiger partial charge in [0.15, 0.2) is 0 Å². The number of anilines is 1. The molecule has 0 saturated heterocycles. The third kappa shape index (κ3) is 3.20. The number of amides is 1. The van der Waals surface area contributed by atoms with E-state index in [1.54, 1.807) is 21.0 Å². The van der Waals surface area contributed by atoms with Crippen molar-refractivity contribution in [3.05, 3.63) is 28.7 Å². The molecule has 2 atom stereocenters. The highest BCUT2D eigenvalue weighted by atomic mass is 79.9. The molecular weight excluding hydrogens is 284 g/mol. The number of nitrogens with one attached hydrogen (secondary N) is 1. The fourth-order valence-corrected chi connectivity index (χ4v) is 1.86. The lowest BCUT2D eigenvalue weighted by Gasteiger charge is -2.33. The summed E-state index contributed by atoms with van der Waals surface area (Å²) in [5.41, 5.74) is 5.30. The van der Waals surface area contributed by atoms with Crippen molar-refractivity contribution in [2.24, 2.45) is 5.73 Å². The summed E-state index contributed by atoms with van der Waals surface area (Å²) in [5.74, 6) is -0.452. The molecule has 2 unspecified atom stereocenters. The summed E-state index contributed by atoms with van der Waals surface area (Å²) < 4.78 is 6.13. The van der Waals surface area contributed by atoms with Crippen molar-refractivity contribution in [3.63, 3.8) is 0 Å². The van der Waals surface area contributed by atoms with Gasteiger partial charge in [-0.3, -0.25) is 4.79 Å². The minimum Gasteiger partial charge on any atom is -0.379 e. The first-order chi connectivity index (χ1) is 7.90. The molecule has 94 valence electrons. The number of carbonyl (C=O) groups is 1. The maximum Gasteiger partial charge on any atom is 0.245 e. The van der Waals surface area contributed by atoms with Crippen molar-refractivity contribution in [2.45, 2.75) is 25.5 Å². The van der Waals surface area contributed by atoms with E-state index >= 15 is 0 Å². The number of rotatable bonds is 5. The third-order valence-electron chi connectivity index (χ3n) is 2.91. The van der Waals surface area contributed by atoms with Gasteiger partial charge in [-0.25, -0.2) is 0 Å². The molecular formula is C12H17BrN2O2. The molecule has 4 nitrogen and oxygen atoms in total. The van der Waals surface area contributed by atoms with Gasteiger partial charge in [0.05, 0.1) is 6.10 Å². The lowest BCUT2D eigenvalue weighted by atomic mass is 9.94. The van der Waals surface area contributed by atoms with Gasteiger partial charge in [0.2, 0.25) is 5.91 Å². The van der Waals surface area contributed by atoms with Crippen LogP contribution in [0, 0.1) is 0 Å². The molecule has 0 fully saturated rings. The molecule has 0 saturated carbocycles. The first-order valence-corrected chi connectivity index (χ1v) is 6.06. The van der Waals surface area contributed by atoms with Gasteiger partial charge in [-0.15, -0.1) is 0 Å². The molecule has 3 N–H and O–H groups in total. The molecule has 0 spiro atoms. The monoisotopic (exact) mass is 300 g/mol. The van der Waals surface area contributed by atoms with Gasteiger partial charge in [-0.1, -0.05) is 22.0 Å². The number of nitrogens with two attached hydrogens (primary N) is 1. The lowest BCUT2D eigenvalue weighted by Crippen LogP contribution is -2.56. The number of methoxy groups -OCH3 is 1. The number of primary amides is 1. The van der Waals surface area contributed by atoms with Crippen molar-refractivity contribution in [1.82, 2.24) is 0 Å². The summed E-state index contributed by atoms with van der Waals surface area (Å²) >= 11 is 3.37. The van der Waals surface area contributed by atoms with Crippen molar-refractivity contribution >= 4 is 27.5 Å². The van der Waals surface area contributed by atoms with E-state index in [1.807, 2.05) is 24.3 Å². The number of carbonyl (C=O) groups excluding carboxylic acids is 1. The van der Waals surface area contributed by atoms with Crippen LogP contribution in [-0.4, -0.2) is 24.7 Å². The molecule has 17 heavy (non-hydrogen) atoms. The Morgan fingerprint density at radius 3 is 2.71 bits per heavy atom. The smallest absolute Gasteiger partial charge is 0.245 e. The Kier molecular flexibility index (Phi) is 4.54. The van der Waals surface area contributed by atoms with Crippen LogP contribution in [-0.2, 0) is 9.53 Å². The standard InChI is InChI=1S/C12H17BrN2O2/c1-8(17-3)12(2,11(14)16)15-10-6-4-5-9(13)7-10/h4-8,15H,1-3H3,(H2,14,16). The Bertz CT molecular complexity index is 411. The minimum absolute atomic E-state index is 0.334. The van der Waals surface area contributed by atoms with Crippen LogP contribution in [0.3, 0.4) is 0 Å². The van der Waals surface area contributed by atoms with Crippen LogP contribution in [0.4, 0.5) is 5.69 Å². The van der Waals surface area contributed by atoms with Crippen molar-refractivity contribution in [1.29, 1.82) is 0 Å². The Labute approximate surface area is 110 Å². The quantitative estimate of drug-likeness (QED) is 0.876. The fourth-order valence-electron chi connectivity index (χ4n) is 1.47. The molecule has 1 aromatic carbocycles. The highest BCUT2D eigenvalue weighted by Gasteiger charge is 2.37. The lowest BCUT2D eigenvalue weighted by molar-refractivity contribution is -0.125. The number of halogens is 1. The van der Waals surface area contributed by atoms with Gasteiger partial charge in [0, 0.05) is 17.3 Å². The molecule has 1 amide bonds. The summed E-state index contributed by atoms with van der Waals surface area (Å²) in [6.45, 7) is 3.53. The van der Waals surface area contributed by atoms with Gasteiger partial charge in [-0.05, 0) is 32.0 Å². The molecule has 0 aromatic heterocycles. The summed E-state index contributed by atoms with van der Waals surface area (Å²) in [7, 11) is 1.55. The van der Waals surface area contributed by atoms with E-state index in [1.165, 1.54) is 0 Å². The Morgan fingerprint density at radius 1 is 1.59 bits per heavy atom. The van der Waals surface area contributed by atoms with Crippen molar-refractivity contribution < 1.29 is 9.53 Å². The molecule has 1 rings (SSSR count). The summed E-state index contributed by atoms with van der Waals surface area (Å²) in [6, 6.07) is 7.54. The largest absolute Gasteiger partial charge is 0.379 e. The topological polar surface area (TPSA) is 64.3 Å². The van der Waals surface area contributed by atoms with Crippen LogP contribution < -0.4 is 11.1 Å². The maximum absolute atomic E-state index is 11.6. The fraction of sp³-hybridized carbons (Fsp3) is 0.417. The van der Waals surface area contributed by atoms with Crippen LogP contribution in [0.5, 0.6) is 0 Å². The normalized spacial score (nSPS) is 16.0. The van der Waals surface area contributed by atoms with E-state index in [0.29, 0.717) is 0 Å². The summed E-state index contributed by atoms with van der Waals surface area (Å²) in [6.07, 6.45) is -0.334. The first-order valence-electron chi connectivity index (χ1n) is 5.26. The van der Waals surface area contributed by atoms with Gasteiger partial charge in [-0.2, -0.15) is 0 Å². The van der Waals surface area contributed by atoms with Crippen LogP contribution in [0.25, 0.3) is 0 Å². The predicted octanol–water partition coefficient (Wildman–Crippen LogP) is 2.14. The van der Waals surface area contributed by atoms with Crippen molar-refractivity contribution in [3.8, 4) is 0 Å². The highest BCUT2D eigenvalue weighted by molar-refractivity contribution is 9.10.